The molecule has 3 aliphatic rings. The lowest BCUT2D eigenvalue weighted by atomic mass is 9.94. The number of nitrogens with zero attached hydrogens (tertiary/aromatic N) is 1. The van der Waals surface area contributed by atoms with E-state index >= 15 is 0 Å². The minimum atomic E-state index is -0.982. The predicted molar refractivity (Wildman–Crippen MR) is 159 cm³/mol. The number of carbonyl (C=O) groups excluding carboxylic acids is 5. The number of hydrogen-bond acceptors (Lipinski definition) is 5. The molecule has 42 heavy (non-hydrogen) atoms. The Kier molecular flexibility index (Phi) is 11.1. The Hall–Kier alpha value is -3.69. The molecular weight excluding hydrogens is 534 g/mol. The molecule has 3 atom stereocenters. The molecule has 0 spiro atoms. The zero-order valence-electron chi connectivity index (χ0n) is 24.7. The molecule has 1 saturated carbocycles. The molecule has 1 aromatic carbocycles. The Balaban J connectivity index is 1.48. The molecule has 1 aliphatic heterocycles. The second-order valence-electron chi connectivity index (χ2n) is 11.8. The number of carbonyl (C=O) groups is 5. The molecule has 1 saturated heterocycles. The predicted octanol–water partition coefficient (Wildman–Crippen LogP) is 2.55. The van der Waals surface area contributed by atoms with Crippen molar-refractivity contribution in [3.8, 4) is 0 Å². The van der Waals surface area contributed by atoms with E-state index in [4.69, 9.17) is 0 Å². The quantitative estimate of drug-likeness (QED) is 0.223. The third-order valence-electron chi connectivity index (χ3n) is 8.73. The van der Waals surface area contributed by atoms with Crippen LogP contribution in [0.5, 0.6) is 0 Å². The van der Waals surface area contributed by atoms with Crippen molar-refractivity contribution in [2.45, 2.75) is 102 Å². The highest BCUT2D eigenvalue weighted by Gasteiger charge is 2.43. The van der Waals surface area contributed by atoms with Gasteiger partial charge in [-0.2, -0.15) is 0 Å². The van der Waals surface area contributed by atoms with E-state index in [1.165, 1.54) is 23.6 Å². The number of nitrogens with one attached hydrogen (secondary N) is 4. The fourth-order valence-corrected chi connectivity index (χ4v) is 6.54. The molecule has 1 heterocycles. The molecule has 2 unspecified atom stereocenters. The number of ketones is 1. The van der Waals surface area contributed by atoms with Gasteiger partial charge in [-0.15, -0.1) is 6.58 Å². The van der Waals surface area contributed by atoms with E-state index in [1.54, 1.807) is 4.90 Å². The molecule has 5 amide bonds. The first-order valence-electron chi connectivity index (χ1n) is 15.5. The number of urea groups is 1. The number of likely N-dealkylation sites (tertiary alicyclic amines) is 1. The summed E-state index contributed by atoms with van der Waals surface area (Å²) in [4.78, 5) is 67.4. The molecule has 10 nitrogen and oxygen atoms in total. The molecule has 0 radical (unpaired) electrons. The van der Waals surface area contributed by atoms with Crippen LogP contribution in [0.25, 0.3) is 0 Å². The van der Waals surface area contributed by atoms with Gasteiger partial charge in [-0.1, -0.05) is 62.9 Å². The maximum Gasteiger partial charge on any atom is 0.315 e. The minimum absolute atomic E-state index is 0.0947. The van der Waals surface area contributed by atoms with Crippen LogP contribution >= 0.6 is 0 Å². The summed E-state index contributed by atoms with van der Waals surface area (Å²) in [6.45, 7) is 5.93. The van der Waals surface area contributed by atoms with Crippen LogP contribution in [0.15, 0.2) is 36.9 Å². The summed E-state index contributed by atoms with van der Waals surface area (Å²) in [6, 6.07) is 5.25. The first kappa shape index (κ1) is 31.3. The zero-order chi connectivity index (χ0) is 30.1. The maximum atomic E-state index is 14.2. The molecule has 10 heteroatoms. The molecule has 4 N–H and O–H groups in total. The highest BCUT2D eigenvalue weighted by Crippen LogP contribution is 2.31. The van der Waals surface area contributed by atoms with E-state index in [9.17, 15) is 24.0 Å². The highest BCUT2D eigenvalue weighted by atomic mass is 16.2. The topological polar surface area (TPSA) is 137 Å². The number of rotatable bonds is 12. The zero-order valence-corrected chi connectivity index (χ0v) is 24.7. The molecule has 0 aromatic heterocycles. The SMILES string of the molecule is C=CCNC(=O)C(=O)C(CCC)NC(=O)C1CCCN1C(=O)[C@@H](NC(=O)NC1CCCCC1)C1Cc2ccccc2C1. The van der Waals surface area contributed by atoms with Gasteiger partial charge in [0.15, 0.2) is 0 Å². The van der Waals surface area contributed by atoms with Crippen LogP contribution in [0, 0.1) is 5.92 Å². The fourth-order valence-electron chi connectivity index (χ4n) is 6.54. The Bertz CT molecular complexity index is 1140. The fraction of sp³-hybridized carbons (Fsp3) is 0.594. The van der Waals surface area contributed by atoms with E-state index in [-0.39, 0.29) is 30.4 Å². The van der Waals surface area contributed by atoms with Crippen LogP contribution in [0.1, 0.15) is 75.8 Å². The normalized spacial score (nSPS) is 20.2. The van der Waals surface area contributed by atoms with Crippen LogP contribution in [0.3, 0.4) is 0 Å². The van der Waals surface area contributed by atoms with Gasteiger partial charge in [-0.05, 0) is 62.0 Å². The summed E-state index contributed by atoms with van der Waals surface area (Å²) in [5.74, 6) is -2.37. The summed E-state index contributed by atoms with van der Waals surface area (Å²) >= 11 is 0. The van der Waals surface area contributed by atoms with Crippen LogP contribution in [0.2, 0.25) is 0 Å². The number of fused-ring (bicyclic) bond motifs is 1. The molecule has 2 aliphatic carbocycles. The molecular formula is C32H45N5O5. The van der Waals surface area contributed by atoms with Gasteiger partial charge in [0.2, 0.25) is 17.6 Å². The Morgan fingerprint density at radius 3 is 2.31 bits per heavy atom. The summed E-state index contributed by atoms with van der Waals surface area (Å²) in [6.07, 6.45) is 9.94. The van der Waals surface area contributed by atoms with Crippen LogP contribution < -0.4 is 21.3 Å². The monoisotopic (exact) mass is 579 g/mol. The van der Waals surface area contributed by atoms with Crippen molar-refractivity contribution in [3.05, 3.63) is 48.0 Å². The van der Waals surface area contributed by atoms with E-state index in [0.717, 1.165) is 25.7 Å². The average molecular weight is 580 g/mol. The van der Waals surface area contributed by atoms with Crippen molar-refractivity contribution in [3.63, 3.8) is 0 Å². The van der Waals surface area contributed by atoms with Gasteiger partial charge in [0.05, 0.1) is 6.04 Å². The standard InChI is InChI=1S/C32H45N5O5/c1-3-11-25(28(38)30(40)33-17-4-2)35-29(39)26-16-10-18-37(26)31(41)27(23-19-21-12-8-9-13-22(21)20-23)36-32(42)34-24-14-6-5-7-15-24/h4,8-9,12-13,23-27H,2-3,5-7,10-11,14-20H2,1H3,(H,33,40)(H,35,39)(H2,34,36,42)/t25?,26?,27-/m0/s1. The number of Topliss-reactive ketones (excluding diaryl/α,β-unsaturated/α-hetero) is 1. The van der Waals surface area contributed by atoms with Gasteiger partial charge in [0, 0.05) is 19.1 Å². The van der Waals surface area contributed by atoms with Crippen LogP contribution in [-0.2, 0) is 32.0 Å². The molecule has 1 aromatic rings. The molecule has 2 fully saturated rings. The number of benzene rings is 1. The van der Waals surface area contributed by atoms with E-state index in [1.807, 2.05) is 19.1 Å². The highest BCUT2D eigenvalue weighted by molar-refractivity contribution is 6.38. The largest absolute Gasteiger partial charge is 0.346 e. The van der Waals surface area contributed by atoms with Crippen molar-refractivity contribution < 1.29 is 24.0 Å². The van der Waals surface area contributed by atoms with E-state index in [0.29, 0.717) is 45.1 Å². The van der Waals surface area contributed by atoms with Crippen molar-refractivity contribution in [2.75, 3.05) is 13.1 Å². The van der Waals surface area contributed by atoms with Crippen LogP contribution in [0.4, 0.5) is 4.79 Å². The summed E-state index contributed by atoms with van der Waals surface area (Å²) in [5.41, 5.74) is 2.34. The van der Waals surface area contributed by atoms with Gasteiger partial charge in [0.25, 0.3) is 5.91 Å². The lowest BCUT2D eigenvalue weighted by Gasteiger charge is -2.33. The van der Waals surface area contributed by atoms with Gasteiger partial charge in [-0.3, -0.25) is 19.2 Å². The van der Waals surface area contributed by atoms with Crippen molar-refractivity contribution in [2.24, 2.45) is 5.92 Å². The van der Waals surface area contributed by atoms with Crippen LogP contribution in [-0.4, -0.2) is 71.7 Å². The van der Waals surface area contributed by atoms with Crippen molar-refractivity contribution >= 4 is 29.5 Å². The summed E-state index contributed by atoms with van der Waals surface area (Å²) in [5, 5.41) is 11.3. The first-order valence-corrected chi connectivity index (χ1v) is 15.5. The first-order chi connectivity index (χ1) is 20.3. The summed E-state index contributed by atoms with van der Waals surface area (Å²) in [7, 11) is 0. The molecule has 0 bridgehead atoms. The van der Waals surface area contributed by atoms with E-state index in [2.05, 4.69) is 40.0 Å². The Labute approximate surface area is 248 Å². The number of amides is 5. The van der Waals surface area contributed by atoms with Crippen molar-refractivity contribution in [1.29, 1.82) is 0 Å². The maximum absolute atomic E-state index is 14.2. The average Bonchev–Trinajstić information content (AvgIpc) is 3.66. The lowest BCUT2D eigenvalue weighted by molar-refractivity contribution is -0.143. The van der Waals surface area contributed by atoms with Gasteiger partial charge < -0.3 is 26.2 Å². The third-order valence-corrected chi connectivity index (χ3v) is 8.73. The second-order valence-corrected chi connectivity index (χ2v) is 11.8. The van der Waals surface area contributed by atoms with Crippen molar-refractivity contribution in [1.82, 2.24) is 26.2 Å². The smallest absolute Gasteiger partial charge is 0.315 e. The van der Waals surface area contributed by atoms with Gasteiger partial charge in [-0.25, -0.2) is 4.79 Å². The Morgan fingerprint density at radius 2 is 1.67 bits per heavy atom. The molecule has 4 rings (SSSR count). The Morgan fingerprint density at radius 1 is 0.976 bits per heavy atom. The number of hydrogen-bond donors (Lipinski definition) is 4. The summed E-state index contributed by atoms with van der Waals surface area (Å²) < 4.78 is 0. The molecule has 228 valence electrons. The second kappa shape index (κ2) is 15.0. The minimum Gasteiger partial charge on any atom is -0.346 e. The van der Waals surface area contributed by atoms with E-state index < -0.39 is 35.7 Å². The van der Waals surface area contributed by atoms with Gasteiger partial charge in [0.1, 0.15) is 12.1 Å². The van der Waals surface area contributed by atoms with Gasteiger partial charge >= 0.3 is 6.03 Å². The third kappa shape index (κ3) is 7.77. The lowest BCUT2D eigenvalue weighted by Crippen LogP contribution is -2.59.